The van der Waals surface area contributed by atoms with Gasteiger partial charge in [-0.05, 0) is 51.0 Å². The molecule has 23 heavy (non-hydrogen) atoms. The lowest BCUT2D eigenvalue weighted by Gasteiger charge is -2.21. The number of hydrogen-bond donors (Lipinski definition) is 3. The van der Waals surface area contributed by atoms with Gasteiger partial charge in [0.25, 0.3) is 0 Å². The second-order valence-corrected chi connectivity index (χ2v) is 7.43. The zero-order chi connectivity index (χ0) is 17.5. The van der Waals surface area contributed by atoms with Crippen LogP contribution in [0.3, 0.4) is 0 Å². The number of hydrogen-bond acceptors (Lipinski definition) is 2. The Morgan fingerprint density at radius 2 is 2.00 bits per heavy atom. The minimum absolute atomic E-state index is 0.0713. The number of aliphatic imine (C=N–C) groups is 1. The van der Waals surface area contributed by atoms with Gasteiger partial charge in [-0.25, -0.2) is 0 Å². The molecule has 0 radical (unpaired) electrons. The number of benzene rings is 1. The molecule has 0 aliphatic rings. The van der Waals surface area contributed by atoms with Crippen molar-refractivity contribution in [2.45, 2.75) is 32.7 Å². The lowest BCUT2D eigenvalue weighted by molar-refractivity contribution is -0.121. The van der Waals surface area contributed by atoms with Gasteiger partial charge in [0.2, 0.25) is 5.91 Å². The van der Waals surface area contributed by atoms with Crippen LogP contribution in [0.2, 0.25) is 5.02 Å². The number of amides is 1. The van der Waals surface area contributed by atoms with Gasteiger partial charge in [-0.15, -0.1) is 0 Å². The van der Waals surface area contributed by atoms with Gasteiger partial charge in [0, 0.05) is 28.6 Å². The molecule has 0 atom stereocenters. The normalized spacial score (nSPS) is 12.0. The smallest absolute Gasteiger partial charge is 0.239 e. The van der Waals surface area contributed by atoms with E-state index in [9.17, 15) is 4.79 Å². The van der Waals surface area contributed by atoms with E-state index in [0.29, 0.717) is 17.5 Å². The third-order valence-corrected chi connectivity index (χ3v) is 3.86. The highest BCUT2D eigenvalue weighted by Crippen LogP contribution is 2.21. The average molecular weight is 404 g/mol. The fraction of sp³-hybridized carbons (Fsp3) is 0.500. The fourth-order valence-corrected chi connectivity index (χ4v) is 2.54. The number of halogens is 2. The Bertz CT molecular complexity index is 570. The maximum Gasteiger partial charge on any atom is 0.239 e. The van der Waals surface area contributed by atoms with Gasteiger partial charge in [-0.2, -0.15) is 0 Å². The molecule has 1 aromatic rings. The highest BCUT2D eigenvalue weighted by Gasteiger charge is 2.13. The maximum absolute atomic E-state index is 11.8. The highest BCUT2D eigenvalue weighted by atomic mass is 79.9. The minimum Gasteiger partial charge on any atom is -0.356 e. The molecule has 1 rings (SSSR count). The highest BCUT2D eigenvalue weighted by molar-refractivity contribution is 9.10. The lowest BCUT2D eigenvalue weighted by atomic mass is 10.1. The zero-order valence-electron chi connectivity index (χ0n) is 14.0. The second-order valence-electron chi connectivity index (χ2n) is 6.14. The van der Waals surface area contributed by atoms with Crippen LogP contribution in [0.5, 0.6) is 0 Å². The predicted octanol–water partition coefficient (Wildman–Crippen LogP) is 2.72. The number of nitrogens with one attached hydrogen (secondary N) is 3. The van der Waals surface area contributed by atoms with Crippen molar-refractivity contribution in [1.82, 2.24) is 16.0 Å². The van der Waals surface area contributed by atoms with E-state index in [4.69, 9.17) is 11.6 Å². The summed E-state index contributed by atoms with van der Waals surface area (Å²) in [6, 6.07) is 5.71. The average Bonchev–Trinajstić information content (AvgIpc) is 2.44. The van der Waals surface area contributed by atoms with Crippen molar-refractivity contribution in [3.63, 3.8) is 0 Å². The van der Waals surface area contributed by atoms with Gasteiger partial charge >= 0.3 is 0 Å². The van der Waals surface area contributed by atoms with E-state index in [1.54, 1.807) is 7.05 Å². The van der Waals surface area contributed by atoms with Crippen molar-refractivity contribution in [3.8, 4) is 0 Å². The molecule has 0 heterocycles. The molecule has 5 nitrogen and oxygen atoms in total. The Labute approximate surface area is 151 Å². The number of carbonyl (C=O) groups excluding carboxylic acids is 1. The summed E-state index contributed by atoms with van der Waals surface area (Å²) in [5, 5.41) is 9.77. The van der Waals surface area contributed by atoms with Crippen LogP contribution in [0.25, 0.3) is 0 Å². The predicted molar refractivity (Wildman–Crippen MR) is 100 cm³/mol. The van der Waals surface area contributed by atoms with Crippen LogP contribution in [0.15, 0.2) is 27.7 Å². The first-order chi connectivity index (χ1) is 10.7. The summed E-state index contributed by atoms with van der Waals surface area (Å²) in [6.45, 7) is 6.69. The van der Waals surface area contributed by atoms with E-state index in [2.05, 4.69) is 36.9 Å². The zero-order valence-corrected chi connectivity index (χ0v) is 16.3. The number of guanidine groups is 1. The topological polar surface area (TPSA) is 65.5 Å². The molecule has 7 heteroatoms. The summed E-state index contributed by atoms with van der Waals surface area (Å²) >= 11 is 9.51. The van der Waals surface area contributed by atoms with E-state index in [1.165, 1.54) is 0 Å². The molecule has 3 N–H and O–H groups in total. The van der Waals surface area contributed by atoms with E-state index >= 15 is 0 Å². The summed E-state index contributed by atoms with van der Waals surface area (Å²) in [5.41, 5.74) is 0.875. The largest absolute Gasteiger partial charge is 0.356 e. The van der Waals surface area contributed by atoms with Gasteiger partial charge in [0.05, 0.1) is 6.54 Å². The van der Waals surface area contributed by atoms with Crippen LogP contribution in [-0.4, -0.2) is 37.5 Å². The van der Waals surface area contributed by atoms with Crippen molar-refractivity contribution < 1.29 is 4.79 Å². The van der Waals surface area contributed by atoms with E-state index < -0.39 is 0 Å². The van der Waals surface area contributed by atoms with Gasteiger partial charge in [0.1, 0.15) is 0 Å². The number of carbonyl (C=O) groups is 1. The molecule has 0 aliphatic heterocycles. The van der Waals surface area contributed by atoms with Gasteiger partial charge in [-0.3, -0.25) is 9.79 Å². The molecule has 0 unspecified atom stereocenters. The monoisotopic (exact) mass is 402 g/mol. The maximum atomic E-state index is 11.8. The second kappa shape index (κ2) is 9.13. The Balaban J connectivity index is 2.40. The van der Waals surface area contributed by atoms with Crippen LogP contribution in [0, 0.1) is 0 Å². The summed E-state index contributed by atoms with van der Waals surface area (Å²) in [5.74, 6) is 0.519. The Morgan fingerprint density at radius 3 is 2.61 bits per heavy atom. The van der Waals surface area contributed by atoms with Crippen LogP contribution in [0.4, 0.5) is 0 Å². The summed E-state index contributed by atoms with van der Waals surface area (Å²) in [6.07, 6.45) is 0.788. The van der Waals surface area contributed by atoms with Crippen molar-refractivity contribution in [1.29, 1.82) is 0 Å². The molecule has 128 valence electrons. The Kier molecular flexibility index (Phi) is 7.85. The van der Waals surface area contributed by atoms with Gasteiger partial charge < -0.3 is 16.0 Å². The standard InChI is InChI=1S/C16H24BrClN4O/c1-16(2,3)22-14(23)10-21-15(19-4)20-8-7-11-9-12(18)5-6-13(11)17/h5-6,9H,7-8,10H2,1-4H3,(H,22,23)(H2,19,20,21). The SMILES string of the molecule is CN=C(NCCc1cc(Cl)ccc1Br)NCC(=O)NC(C)(C)C. The van der Waals surface area contributed by atoms with Crippen molar-refractivity contribution in [3.05, 3.63) is 33.3 Å². The van der Waals surface area contributed by atoms with Crippen molar-refractivity contribution >= 4 is 39.4 Å². The number of rotatable bonds is 5. The van der Waals surface area contributed by atoms with Crippen LogP contribution in [-0.2, 0) is 11.2 Å². The van der Waals surface area contributed by atoms with Crippen LogP contribution < -0.4 is 16.0 Å². The van der Waals surface area contributed by atoms with Gasteiger partial charge in [-0.1, -0.05) is 27.5 Å². The molecule has 1 amide bonds. The summed E-state index contributed by atoms with van der Waals surface area (Å²) in [7, 11) is 1.67. The molecule has 0 bridgehead atoms. The first kappa shape index (κ1) is 19.8. The molecule has 0 fully saturated rings. The van der Waals surface area contributed by atoms with E-state index in [-0.39, 0.29) is 18.0 Å². The minimum atomic E-state index is -0.242. The first-order valence-electron chi connectivity index (χ1n) is 7.41. The molecule has 1 aromatic carbocycles. The molecular formula is C16H24BrClN4O. The quantitative estimate of drug-likeness (QED) is 0.523. The molecule has 0 aromatic heterocycles. The number of nitrogens with zero attached hydrogens (tertiary/aromatic N) is 1. The Morgan fingerprint density at radius 1 is 1.30 bits per heavy atom. The summed E-state index contributed by atoms with van der Waals surface area (Å²) in [4.78, 5) is 15.9. The molecule has 0 saturated heterocycles. The lowest BCUT2D eigenvalue weighted by Crippen LogP contribution is -2.48. The van der Waals surface area contributed by atoms with Crippen LogP contribution in [0.1, 0.15) is 26.3 Å². The molecule has 0 spiro atoms. The third kappa shape index (κ3) is 8.23. The van der Waals surface area contributed by atoms with Crippen molar-refractivity contribution in [2.24, 2.45) is 4.99 Å². The summed E-state index contributed by atoms with van der Waals surface area (Å²) < 4.78 is 1.02. The van der Waals surface area contributed by atoms with Gasteiger partial charge in [0.15, 0.2) is 5.96 Å². The fourth-order valence-electron chi connectivity index (χ4n) is 1.90. The van der Waals surface area contributed by atoms with E-state index in [0.717, 1.165) is 16.5 Å². The Hall–Kier alpha value is -1.27. The van der Waals surface area contributed by atoms with E-state index in [1.807, 2.05) is 39.0 Å². The third-order valence-electron chi connectivity index (χ3n) is 2.85. The molecule has 0 saturated carbocycles. The van der Waals surface area contributed by atoms with Crippen molar-refractivity contribution in [2.75, 3.05) is 20.1 Å². The van der Waals surface area contributed by atoms with Crippen LogP contribution >= 0.6 is 27.5 Å². The first-order valence-corrected chi connectivity index (χ1v) is 8.58. The molecule has 0 aliphatic carbocycles. The molecular weight excluding hydrogens is 380 g/mol.